The van der Waals surface area contributed by atoms with Gasteiger partial charge in [0.25, 0.3) is 0 Å². The van der Waals surface area contributed by atoms with Gasteiger partial charge >= 0.3 is 0 Å². The maximum atomic E-state index is 5.28. The van der Waals surface area contributed by atoms with E-state index in [2.05, 4.69) is 205 Å². The Kier molecular flexibility index (Phi) is 8.65. The van der Waals surface area contributed by atoms with Crippen LogP contribution in [0.25, 0.3) is 115 Å². The van der Waals surface area contributed by atoms with Crippen molar-refractivity contribution in [2.75, 3.05) is 0 Å². The zero-order chi connectivity index (χ0) is 41.0. The van der Waals surface area contributed by atoms with Crippen molar-refractivity contribution in [2.45, 2.75) is 0 Å². The number of para-hydroxylation sites is 1. The van der Waals surface area contributed by atoms with Crippen LogP contribution in [0.3, 0.4) is 0 Å². The van der Waals surface area contributed by atoms with Crippen LogP contribution in [-0.4, -0.2) is 19.5 Å². The van der Waals surface area contributed by atoms with E-state index < -0.39 is 0 Å². The van der Waals surface area contributed by atoms with Gasteiger partial charge in [-0.2, -0.15) is 0 Å². The summed E-state index contributed by atoms with van der Waals surface area (Å²) in [6, 6.07) is 77.6. The molecule has 5 heteroatoms. The lowest BCUT2D eigenvalue weighted by atomic mass is 10.00. The van der Waals surface area contributed by atoms with Crippen LogP contribution in [0.1, 0.15) is 0 Å². The van der Waals surface area contributed by atoms with Crippen molar-refractivity contribution in [3.8, 4) is 73.2 Å². The topological polar surface area (TPSA) is 43.6 Å². The first-order chi connectivity index (χ1) is 30.7. The molecule has 0 aliphatic heterocycles. The number of rotatable bonds is 7. The van der Waals surface area contributed by atoms with Crippen LogP contribution < -0.4 is 0 Å². The molecule has 62 heavy (non-hydrogen) atoms. The summed E-state index contributed by atoms with van der Waals surface area (Å²) in [5, 5.41) is 4.96. The molecule has 12 rings (SSSR count). The van der Waals surface area contributed by atoms with Crippen LogP contribution in [0.15, 0.2) is 218 Å². The Bertz CT molecular complexity index is 3630. The quantitative estimate of drug-likeness (QED) is 0.161. The Labute approximate surface area is 362 Å². The van der Waals surface area contributed by atoms with Crippen molar-refractivity contribution in [1.82, 2.24) is 19.5 Å². The van der Waals surface area contributed by atoms with Crippen molar-refractivity contribution in [3.05, 3.63) is 218 Å². The van der Waals surface area contributed by atoms with Gasteiger partial charge in [-0.05, 0) is 76.3 Å². The molecule has 290 valence electrons. The maximum absolute atomic E-state index is 5.28. The zero-order valence-corrected chi connectivity index (χ0v) is 34.3. The molecule has 0 radical (unpaired) electrons. The highest BCUT2D eigenvalue weighted by Gasteiger charge is 2.20. The van der Waals surface area contributed by atoms with Gasteiger partial charge in [0.2, 0.25) is 0 Å². The second-order valence-corrected chi connectivity index (χ2v) is 16.7. The van der Waals surface area contributed by atoms with E-state index >= 15 is 0 Å². The van der Waals surface area contributed by atoms with Gasteiger partial charge < -0.3 is 4.57 Å². The standard InChI is InChI=1S/C57H36N4S/c1-4-15-37(16-5-1)41-28-31-51-48(34-41)46-23-10-12-25-50(46)61(51)52-36-44(27-30-45(52)38-17-6-2-7-18-38)57-59-55(39-19-8-3-9-20-39)58-56(60-57)43-22-14-21-40(33-43)42-29-32-54-49(35-42)47-24-11-13-26-53(47)62-54/h1-36H. The molecule has 0 fully saturated rings. The van der Waals surface area contributed by atoms with Gasteiger partial charge in [-0.1, -0.05) is 170 Å². The third-order valence-corrected chi connectivity index (χ3v) is 13.0. The molecule has 0 saturated heterocycles. The minimum atomic E-state index is 0.610. The molecule has 0 amide bonds. The SMILES string of the molecule is c1ccc(-c2ccc3c(c2)c2ccccc2n3-c2cc(-c3nc(-c4ccccc4)nc(-c4cccc(-c5ccc6sc7ccccc7c6c5)c4)n3)ccc2-c2ccccc2)cc1. The molecule has 3 aromatic heterocycles. The van der Waals surface area contributed by atoms with E-state index in [1.807, 2.05) is 29.5 Å². The molecular formula is C57H36N4S. The summed E-state index contributed by atoms with van der Waals surface area (Å²) in [5.74, 6) is 1.86. The first-order valence-electron chi connectivity index (χ1n) is 20.8. The second-order valence-electron chi connectivity index (χ2n) is 15.6. The molecule has 0 bridgehead atoms. The van der Waals surface area contributed by atoms with E-state index in [9.17, 15) is 0 Å². The number of hydrogen-bond donors (Lipinski definition) is 0. The van der Waals surface area contributed by atoms with Crippen molar-refractivity contribution in [2.24, 2.45) is 0 Å². The van der Waals surface area contributed by atoms with Crippen LogP contribution in [0, 0.1) is 0 Å². The monoisotopic (exact) mass is 808 g/mol. The second kappa shape index (κ2) is 14.9. The minimum Gasteiger partial charge on any atom is -0.309 e. The van der Waals surface area contributed by atoms with E-state index in [1.54, 1.807) is 0 Å². The fraction of sp³-hybridized carbons (Fsp3) is 0. The Morgan fingerprint density at radius 2 is 0.790 bits per heavy atom. The maximum Gasteiger partial charge on any atom is 0.164 e. The third kappa shape index (κ3) is 6.26. The number of aromatic nitrogens is 4. The molecular weight excluding hydrogens is 773 g/mol. The van der Waals surface area contributed by atoms with E-state index in [1.165, 1.54) is 42.1 Å². The first kappa shape index (κ1) is 35.9. The summed E-state index contributed by atoms with van der Waals surface area (Å²) in [6.07, 6.45) is 0. The fourth-order valence-corrected chi connectivity index (χ4v) is 9.94. The lowest BCUT2D eigenvalue weighted by molar-refractivity contribution is 1.07. The molecule has 0 saturated carbocycles. The summed E-state index contributed by atoms with van der Waals surface area (Å²) < 4.78 is 4.99. The summed E-state index contributed by atoms with van der Waals surface area (Å²) in [7, 11) is 0. The van der Waals surface area contributed by atoms with Crippen LogP contribution in [0.4, 0.5) is 0 Å². The Hall–Kier alpha value is -7.99. The smallest absolute Gasteiger partial charge is 0.164 e. The third-order valence-electron chi connectivity index (χ3n) is 11.9. The summed E-state index contributed by atoms with van der Waals surface area (Å²) in [6.45, 7) is 0. The fourth-order valence-electron chi connectivity index (χ4n) is 8.85. The first-order valence-corrected chi connectivity index (χ1v) is 21.7. The average molecular weight is 809 g/mol. The average Bonchev–Trinajstić information content (AvgIpc) is 3.89. The molecule has 0 aliphatic carbocycles. The van der Waals surface area contributed by atoms with E-state index in [4.69, 9.17) is 15.0 Å². The summed E-state index contributed by atoms with van der Waals surface area (Å²) in [5.41, 5.74) is 13.0. The summed E-state index contributed by atoms with van der Waals surface area (Å²) in [4.78, 5) is 15.6. The van der Waals surface area contributed by atoms with E-state index in [-0.39, 0.29) is 0 Å². The van der Waals surface area contributed by atoms with E-state index in [0.717, 1.165) is 55.7 Å². The summed E-state index contributed by atoms with van der Waals surface area (Å²) >= 11 is 1.84. The number of thiophene rings is 1. The van der Waals surface area contributed by atoms with Crippen LogP contribution >= 0.6 is 11.3 Å². The van der Waals surface area contributed by atoms with Gasteiger partial charge in [0.05, 0.1) is 16.7 Å². The van der Waals surface area contributed by atoms with Crippen LogP contribution in [0.2, 0.25) is 0 Å². The van der Waals surface area contributed by atoms with Gasteiger partial charge in [0.1, 0.15) is 0 Å². The normalized spacial score (nSPS) is 11.5. The van der Waals surface area contributed by atoms with Gasteiger partial charge in [0.15, 0.2) is 17.5 Å². The molecule has 3 heterocycles. The number of nitrogens with zero attached hydrogens (tertiary/aromatic N) is 4. The molecule has 12 aromatic rings. The Balaban J connectivity index is 1.04. The highest BCUT2D eigenvalue weighted by Crippen LogP contribution is 2.41. The number of benzene rings is 9. The largest absolute Gasteiger partial charge is 0.309 e. The predicted octanol–water partition coefficient (Wildman–Crippen LogP) is 15.3. The van der Waals surface area contributed by atoms with Gasteiger partial charge in [-0.15, -0.1) is 11.3 Å². The van der Waals surface area contributed by atoms with Gasteiger partial charge in [-0.3, -0.25) is 0 Å². The van der Waals surface area contributed by atoms with Crippen LogP contribution in [0.5, 0.6) is 0 Å². The molecule has 0 aliphatic rings. The molecule has 4 nitrogen and oxygen atoms in total. The molecule has 9 aromatic carbocycles. The highest BCUT2D eigenvalue weighted by atomic mass is 32.1. The zero-order valence-electron chi connectivity index (χ0n) is 33.5. The molecule has 0 spiro atoms. The van der Waals surface area contributed by atoms with Gasteiger partial charge in [-0.25, -0.2) is 15.0 Å². The predicted molar refractivity (Wildman–Crippen MR) is 260 cm³/mol. The molecule has 0 N–H and O–H groups in total. The van der Waals surface area contributed by atoms with E-state index in [0.29, 0.717) is 17.5 Å². The number of hydrogen-bond acceptors (Lipinski definition) is 4. The van der Waals surface area contributed by atoms with Crippen LogP contribution in [-0.2, 0) is 0 Å². The highest BCUT2D eigenvalue weighted by molar-refractivity contribution is 7.25. The minimum absolute atomic E-state index is 0.610. The van der Waals surface area contributed by atoms with Gasteiger partial charge in [0, 0.05) is 53.2 Å². The molecule has 0 atom stereocenters. The lowest BCUT2D eigenvalue weighted by Crippen LogP contribution is -2.02. The lowest BCUT2D eigenvalue weighted by Gasteiger charge is -2.16. The Morgan fingerprint density at radius 1 is 0.290 bits per heavy atom. The van der Waals surface area contributed by atoms with Crippen molar-refractivity contribution in [1.29, 1.82) is 0 Å². The van der Waals surface area contributed by atoms with Crippen molar-refractivity contribution in [3.63, 3.8) is 0 Å². The van der Waals surface area contributed by atoms with Crippen molar-refractivity contribution >= 4 is 53.3 Å². The number of fused-ring (bicyclic) bond motifs is 6. The molecule has 0 unspecified atom stereocenters. The van der Waals surface area contributed by atoms with Crippen molar-refractivity contribution < 1.29 is 0 Å². The Morgan fingerprint density at radius 3 is 1.56 bits per heavy atom.